The molecular weight excluding hydrogens is 505 g/mol. The lowest BCUT2D eigenvalue weighted by Crippen LogP contribution is -2.53. The third kappa shape index (κ3) is 7.22. The predicted molar refractivity (Wildman–Crippen MR) is 135 cm³/mol. The zero-order valence-corrected chi connectivity index (χ0v) is 21.1. The van der Waals surface area contributed by atoms with Gasteiger partial charge in [-0.3, -0.25) is 4.99 Å². The van der Waals surface area contributed by atoms with Crippen LogP contribution in [0.15, 0.2) is 29.3 Å². The van der Waals surface area contributed by atoms with E-state index < -0.39 is 0 Å². The first-order valence-corrected chi connectivity index (χ1v) is 11.8. The fourth-order valence-electron chi connectivity index (χ4n) is 4.64. The van der Waals surface area contributed by atoms with E-state index in [1.807, 2.05) is 0 Å². The second-order valence-corrected chi connectivity index (χ2v) is 8.56. The number of benzene rings is 1. The van der Waals surface area contributed by atoms with Gasteiger partial charge in [-0.1, -0.05) is 12.1 Å². The van der Waals surface area contributed by atoms with Gasteiger partial charge in [-0.15, -0.1) is 24.0 Å². The molecule has 1 aliphatic carbocycles. The molecule has 2 aliphatic heterocycles. The Morgan fingerprint density at radius 1 is 1.06 bits per heavy atom. The number of halogens is 1. The highest BCUT2D eigenvalue weighted by molar-refractivity contribution is 14.0. The Morgan fingerprint density at radius 3 is 2.55 bits per heavy atom. The van der Waals surface area contributed by atoms with Crippen LogP contribution in [0.2, 0.25) is 0 Å². The van der Waals surface area contributed by atoms with Crippen LogP contribution in [0.25, 0.3) is 0 Å². The number of nitrogens with one attached hydrogen (secondary N) is 1. The molecule has 1 saturated carbocycles. The van der Waals surface area contributed by atoms with Gasteiger partial charge >= 0.3 is 0 Å². The molecule has 2 unspecified atom stereocenters. The first-order valence-electron chi connectivity index (χ1n) is 11.8. The first-order chi connectivity index (χ1) is 14.8. The molecule has 1 aromatic rings. The van der Waals surface area contributed by atoms with Crippen molar-refractivity contribution in [3.05, 3.63) is 29.8 Å². The van der Waals surface area contributed by atoms with Gasteiger partial charge in [-0.2, -0.15) is 0 Å². The van der Waals surface area contributed by atoms with E-state index in [-0.39, 0.29) is 36.2 Å². The molecule has 2 atom stereocenters. The average molecular weight is 543 g/mol. The smallest absolute Gasteiger partial charge is 0.194 e. The summed E-state index contributed by atoms with van der Waals surface area (Å²) in [5, 5.41) is 3.46. The van der Waals surface area contributed by atoms with Crippen LogP contribution in [-0.4, -0.2) is 68.6 Å². The molecule has 0 bridgehead atoms. The lowest BCUT2D eigenvalue weighted by atomic mass is 10.1. The van der Waals surface area contributed by atoms with Gasteiger partial charge in [-0.05, 0) is 69.6 Å². The molecule has 3 fully saturated rings. The van der Waals surface area contributed by atoms with Gasteiger partial charge in [0.15, 0.2) is 5.96 Å². The van der Waals surface area contributed by atoms with Crippen molar-refractivity contribution in [3.8, 4) is 5.75 Å². The van der Waals surface area contributed by atoms with Crippen LogP contribution >= 0.6 is 24.0 Å². The highest BCUT2D eigenvalue weighted by Gasteiger charge is 2.32. The fourth-order valence-corrected chi connectivity index (χ4v) is 4.64. The summed E-state index contributed by atoms with van der Waals surface area (Å²) >= 11 is 0. The van der Waals surface area contributed by atoms with Crippen LogP contribution in [0.5, 0.6) is 5.75 Å². The number of guanidine groups is 1. The number of hydrogen-bond acceptors (Lipinski definition) is 4. The van der Waals surface area contributed by atoms with Crippen LogP contribution in [0.3, 0.4) is 0 Å². The van der Waals surface area contributed by atoms with Crippen LogP contribution < -0.4 is 10.1 Å². The maximum Gasteiger partial charge on any atom is 0.194 e. The van der Waals surface area contributed by atoms with Crippen molar-refractivity contribution in [2.45, 2.75) is 70.2 Å². The van der Waals surface area contributed by atoms with Crippen molar-refractivity contribution >= 4 is 29.9 Å². The summed E-state index contributed by atoms with van der Waals surface area (Å²) in [5.41, 5.74) is 1.30. The summed E-state index contributed by atoms with van der Waals surface area (Å²) in [6.45, 7) is 7.09. The Morgan fingerprint density at radius 2 is 1.84 bits per heavy atom. The van der Waals surface area contributed by atoms with Gasteiger partial charge in [0.05, 0.1) is 18.8 Å². The summed E-state index contributed by atoms with van der Waals surface area (Å²) in [6.07, 6.45) is 8.96. The highest BCUT2D eigenvalue weighted by Crippen LogP contribution is 2.24. The van der Waals surface area contributed by atoms with Crippen LogP contribution in [0.4, 0.5) is 0 Å². The molecule has 174 valence electrons. The lowest BCUT2D eigenvalue weighted by Gasteiger charge is -2.37. The molecule has 0 spiro atoms. The van der Waals surface area contributed by atoms with E-state index in [0.717, 1.165) is 70.4 Å². The Bertz CT molecular complexity index is 673. The molecule has 2 saturated heterocycles. The van der Waals surface area contributed by atoms with Crippen LogP contribution in [-0.2, 0) is 15.9 Å². The molecule has 0 amide bonds. The van der Waals surface area contributed by atoms with Crippen molar-refractivity contribution in [2.24, 2.45) is 4.99 Å². The number of aliphatic imine (C=N–C) groups is 1. The Labute approximate surface area is 204 Å². The highest BCUT2D eigenvalue weighted by atomic mass is 127. The minimum atomic E-state index is 0. The molecule has 0 radical (unpaired) electrons. The first kappa shape index (κ1) is 24.6. The van der Waals surface area contributed by atoms with Gasteiger partial charge in [0.25, 0.3) is 0 Å². The molecule has 1 N–H and O–H groups in total. The second kappa shape index (κ2) is 12.8. The summed E-state index contributed by atoms with van der Waals surface area (Å²) in [4.78, 5) is 7.23. The van der Waals surface area contributed by atoms with E-state index in [9.17, 15) is 0 Å². The second-order valence-electron chi connectivity index (χ2n) is 8.56. The maximum atomic E-state index is 6.07. The van der Waals surface area contributed by atoms with Gasteiger partial charge in [0.1, 0.15) is 11.9 Å². The van der Waals surface area contributed by atoms with E-state index in [1.54, 1.807) is 0 Å². The maximum absolute atomic E-state index is 6.07. The molecule has 31 heavy (non-hydrogen) atoms. The zero-order chi connectivity index (χ0) is 20.6. The summed E-state index contributed by atoms with van der Waals surface area (Å²) < 4.78 is 17.9. The average Bonchev–Trinajstić information content (AvgIpc) is 3.49. The standard InChI is InChI=1S/C24H37N3O3.HI/c1-2-25-24(27-15-17-29-23(18-27)22-8-5-16-28-22)26-14-13-19-9-11-21(12-10-19)30-20-6-3-4-7-20;/h9-12,20,22-23H,2-8,13-18H2,1H3,(H,25,26);1H. The topological polar surface area (TPSA) is 55.3 Å². The van der Waals surface area contributed by atoms with E-state index in [1.165, 1.54) is 31.2 Å². The summed E-state index contributed by atoms with van der Waals surface area (Å²) in [7, 11) is 0. The lowest BCUT2D eigenvalue weighted by molar-refractivity contribution is -0.0817. The summed E-state index contributed by atoms with van der Waals surface area (Å²) in [6, 6.07) is 8.57. The number of rotatable bonds is 7. The fraction of sp³-hybridized carbons (Fsp3) is 0.708. The van der Waals surface area contributed by atoms with E-state index in [4.69, 9.17) is 19.2 Å². The SMILES string of the molecule is CCNC(=NCCc1ccc(OC2CCCC2)cc1)N1CCOC(C2CCCO2)C1.I. The summed E-state index contributed by atoms with van der Waals surface area (Å²) in [5.74, 6) is 1.99. The zero-order valence-electron chi connectivity index (χ0n) is 18.8. The largest absolute Gasteiger partial charge is 0.490 e. The van der Waals surface area contributed by atoms with Gasteiger partial charge in [-0.25, -0.2) is 0 Å². The Kier molecular flexibility index (Phi) is 10.2. The number of morpholine rings is 1. The molecule has 1 aromatic carbocycles. The minimum Gasteiger partial charge on any atom is -0.490 e. The van der Waals surface area contributed by atoms with E-state index in [2.05, 4.69) is 41.4 Å². The Balaban J connectivity index is 0.00000272. The third-order valence-electron chi connectivity index (χ3n) is 6.30. The van der Waals surface area contributed by atoms with Gasteiger partial charge in [0, 0.05) is 32.8 Å². The molecule has 6 nitrogen and oxygen atoms in total. The quantitative estimate of drug-likeness (QED) is 0.320. The number of ether oxygens (including phenoxy) is 3. The molecule has 4 rings (SSSR count). The monoisotopic (exact) mass is 543 g/mol. The van der Waals surface area contributed by atoms with E-state index >= 15 is 0 Å². The molecule has 7 heteroatoms. The molecule has 0 aromatic heterocycles. The van der Waals surface area contributed by atoms with Crippen LogP contribution in [0, 0.1) is 0 Å². The van der Waals surface area contributed by atoms with Gasteiger partial charge < -0.3 is 24.4 Å². The minimum absolute atomic E-state index is 0. The van der Waals surface area contributed by atoms with Gasteiger partial charge in [0.2, 0.25) is 0 Å². The molecule has 3 aliphatic rings. The van der Waals surface area contributed by atoms with Crippen molar-refractivity contribution in [1.82, 2.24) is 10.2 Å². The molecular formula is C24H38IN3O3. The van der Waals surface area contributed by atoms with Crippen molar-refractivity contribution in [2.75, 3.05) is 39.4 Å². The predicted octanol–water partition coefficient (Wildman–Crippen LogP) is 4.01. The Hall–Kier alpha value is -1.06. The molecule has 2 heterocycles. The van der Waals surface area contributed by atoms with E-state index in [0.29, 0.717) is 6.10 Å². The normalized spacial score (nSPS) is 24.8. The number of nitrogens with zero attached hydrogens (tertiary/aromatic N) is 2. The van der Waals surface area contributed by atoms with Crippen molar-refractivity contribution in [3.63, 3.8) is 0 Å². The number of hydrogen-bond donors (Lipinski definition) is 1. The third-order valence-corrected chi connectivity index (χ3v) is 6.30. The van der Waals surface area contributed by atoms with Crippen LogP contribution in [0.1, 0.15) is 51.0 Å². The van der Waals surface area contributed by atoms with Crippen molar-refractivity contribution < 1.29 is 14.2 Å². The van der Waals surface area contributed by atoms with Crippen molar-refractivity contribution in [1.29, 1.82) is 0 Å².